The highest BCUT2D eigenvalue weighted by Crippen LogP contribution is 2.33. The van der Waals surface area contributed by atoms with E-state index < -0.39 is 45.0 Å². The zero-order valence-corrected chi connectivity index (χ0v) is 13.2. The van der Waals surface area contributed by atoms with Crippen molar-refractivity contribution in [2.45, 2.75) is 6.18 Å². The predicted molar refractivity (Wildman–Crippen MR) is 88.6 cm³/mol. The lowest BCUT2D eigenvalue weighted by molar-refractivity contribution is -0.383. The van der Waals surface area contributed by atoms with Crippen LogP contribution in [0.4, 0.5) is 18.9 Å². The SMILES string of the molecule is O=C(O)c1c(-c2cccc(C(F)(F)F)c2)[nH]c2c([N+](=O)[O-])cccc2c1=O. The number of non-ortho nitro benzene ring substituents is 1. The van der Waals surface area contributed by atoms with Gasteiger partial charge < -0.3 is 10.1 Å². The quantitative estimate of drug-likeness (QED) is 0.531. The number of nitro benzene ring substituents is 1. The molecule has 2 aromatic carbocycles. The van der Waals surface area contributed by atoms with Crippen LogP contribution >= 0.6 is 0 Å². The summed E-state index contributed by atoms with van der Waals surface area (Å²) in [6, 6.07) is 7.17. The summed E-state index contributed by atoms with van der Waals surface area (Å²) in [5, 5.41) is 20.3. The third kappa shape index (κ3) is 3.12. The Morgan fingerprint density at radius 2 is 1.81 bits per heavy atom. The number of aromatic nitrogens is 1. The van der Waals surface area contributed by atoms with E-state index in [2.05, 4.69) is 4.98 Å². The van der Waals surface area contributed by atoms with Gasteiger partial charge in [0.25, 0.3) is 5.69 Å². The van der Waals surface area contributed by atoms with Crippen LogP contribution in [0, 0.1) is 10.1 Å². The maximum atomic E-state index is 13.0. The molecule has 27 heavy (non-hydrogen) atoms. The maximum absolute atomic E-state index is 13.0. The Kier molecular flexibility index (Phi) is 4.18. The molecule has 10 heteroatoms. The van der Waals surface area contributed by atoms with E-state index in [0.717, 1.165) is 18.2 Å². The van der Waals surface area contributed by atoms with Crippen LogP contribution in [-0.2, 0) is 6.18 Å². The Morgan fingerprint density at radius 3 is 2.41 bits per heavy atom. The number of nitrogens with zero attached hydrogens (tertiary/aromatic N) is 1. The molecule has 0 aliphatic heterocycles. The smallest absolute Gasteiger partial charge is 0.416 e. The lowest BCUT2D eigenvalue weighted by Gasteiger charge is -2.12. The van der Waals surface area contributed by atoms with Crippen molar-refractivity contribution in [3.05, 3.63) is 73.9 Å². The summed E-state index contributed by atoms with van der Waals surface area (Å²) in [7, 11) is 0. The topological polar surface area (TPSA) is 113 Å². The Hall–Kier alpha value is -3.69. The van der Waals surface area contributed by atoms with Crippen LogP contribution < -0.4 is 5.43 Å². The monoisotopic (exact) mass is 378 g/mol. The molecule has 2 N–H and O–H groups in total. The molecule has 0 saturated heterocycles. The van der Waals surface area contributed by atoms with Crippen molar-refractivity contribution in [2.24, 2.45) is 0 Å². The van der Waals surface area contributed by atoms with Gasteiger partial charge in [0.2, 0.25) is 5.43 Å². The maximum Gasteiger partial charge on any atom is 0.416 e. The number of hydrogen-bond donors (Lipinski definition) is 2. The highest BCUT2D eigenvalue weighted by Gasteiger charge is 2.31. The highest BCUT2D eigenvalue weighted by molar-refractivity contribution is 6.01. The lowest BCUT2D eigenvalue weighted by atomic mass is 10.0. The third-order valence-corrected chi connectivity index (χ3v) is 3.90. The molecule has 0 amide bonds. The van der Waals surface area contributed by atoms with Crippen LogP contribution in [0.25, 0.3) is 22.2 Å². The van der Waals surface area contributed by atoms with E-state index >= 15 is 0 Å². The highest BCUT2D eigenvalue weighted by atomic mass is 19.4. The number of aromatic carboxylic acids is 1. The van der Waals surface area contributed by atoms with E-state index in [9.17, 15) is 38.0 Å². The number of carboxylic acids is 1. The number of carbonyl (C=O) groups is 1. The number of aromatic amines is 1. The molecule has 0 fully saturated rings. The van der Waals surface area contributed by atoms with Gasteiger partial charge in [-0.15, -0.1) is 0 Å². The van der Waals surface area contributed by atoms with Gasteiger partial charge in [-0.3, -0.25) is 14.9 Å². The van der Waals surface area contributed by atoms with Crippen molar-refractivity contribution in [1.29, 1.82) is 0 Å². The first-order chi connectivity index (χ1) is 12.6. The lowest BCUT2D eigenvalue weighted by Crippen LogP contribution is -2.18. The van der Waals surface area contributed by atoms with E-state index in [1.54, 1.807) is 0 Å². The summed E-state index contributed by atoms with van der Waals surface area (Å²) in [6.45, 7) is 0. The molecule has 7 nitrogen and oxygen atoms in total. The largest absolute Gasteiger partial charge is 0.477 e. The predicted octanol–water partition coefficient (Wildman–Crippen LogP) is 3.82. The van der Waals surface area contributed by atoms with E-state index in [1.807, 2.05) is 0 Å². The fourth-order valence-electron chi connectivity index (χ4n) is 2.72. The Balaban J connectivity index is 2.44. The number of hydrogen-bond acceptors (Lipinski definition) is 4. The van der Waals surface area contributed by atoms with Crippen LogP contribution in [0.2, 0.25) is 0 Å². The summed E-state index contributed by atoms with van der Waals surface area (Å²) in [4.78, 5) is 37.0. The number of benzene rings is 2. The first-order valence-corrected chi connectivity index (χ1v) is 7.35. The molecule has 0 atom stereocenters. The van der Waals surface area contributed by atoms with Crippen molar-refractivity contribution in [2.75, 3.05) is 0 Å². The first-order valence-electron chi connectivity index (χ1n) is 7.35. The second-order valence-electron chi connectivity index (χ2n) is 5.54. The third-order valence-electron chi connectivity index (χ3n) is 3.90. The summed E-state index contributed by atoms with van der Waals surface area (Å²) in [5.74, 6) is -1.67. The fourth-order valence-corrected chi connectivity index (χ4v) is 2.72. The summed E-state index contributed by atoms with van der Waals surface area (Å²) >= 11 is 0. The molecule has 1 heterocycles. The average Bonchev–Trinajstić information content (AvgIpc) is 2.60. The van der Waals surface area contributed by atoms with Crippen molar-refractivity contribution in [1.82, 2.24) is 4.98 Å². The molecule has 3 aromatic rings. The average molecular weight is 378 g/mol. The van der Waals surface area contributed by atoms with Gasteiger partial charge in [-0.2, -0.15) is 13.2 Å². The molecular weight excluding hydrogens is 369 g/mol. The number of carboxylic acid groups (broad SMARTS) is 1. The zero-order valence-electron chi connectivity index (χ0n) is 13.2. The molecule has 0 saturated carbocycles. The molecular formula is C17H9F3N2O5. The number of pyridine rings is 1. The number of rotatable bonds is 3. The number of H-pyrrole nitrogens is 1. The number of alkyl halides is 3. The Labute approximate surface area is 147 Å². The van der Waals surface area contributed by atoms with Crippen LogP contribution in [0.15, 0.2) is 47.3 Å². The van der Waals surface area contributed by atoms with Crippen molar-refractivity contribution in [3.8, 4) is 11.3 Å². The van der Waals surface area contributed by atoms with Gasteiger partial charge in [0, 0.05) is 6.07 Å². The molecule has 0 spiro atoms. The number of fused-ring (bicyclic) bond motifs is 1. The molecule has 3 rings (SSSR count). The van der Waals surface area contributed by atoms with Crippen LogP contribution in [-0.4, -0.2) is 21.0 Å². The number of nitrogens with one attached hydrogen (secondary N) is 1. The molecule has 0 radical (unpaired) electrons. The summed E-state index contributed by atoms with van der Waals surface area (Å²) in [6.07, 6.45) is -4.69. The normalized spacial score (nSPS) is 11.5. The van der Waals surface area contributed by atoms with Crippen molar-refractivity contribution in [3.63, 3.8) is 0 Å². The molecule has 0 aliphatic carbocycles. The molecule has 0 aliphatic rings. The number of halogens is 3. The first kappa shape index (κ1) is 18.1. The van der Waals surface area contributed by atoms with Gasteiger partial charge in [-0.05, 0) is 23.8 Å². The van der Waals surface area contributed by atoms with E-state index in [4.69, 9.17) is 0 Å². The molecule has 0 unspecified atom stereocenters. The molecule has 138 valence electrons. The van der Waals surface area contributed by atoms with Gasteiger partial charge >= 0.3 is 12.1 Å². The van der Waals surface area contributed by atoms with Crippen LogP contribution in [0.3, 0.4) is 0 Å². The Morgan fingerprint density at radius 1 is 1.15 bits per heavy atom. The van der Waals surface area contributed by atoms with Crippen LogP contribution in [0.5, 0.6) is 0 Å². The zero-order chi connectivity index (χ0) is 19.9. The van der Waals surface area contributed by atoms with E-state index in [0.29, 0.717) is 6.07 Å². The number of para-hydroxylation sites is 1. The van der Waals surface area contributed by atoms with Crippen LogP contribution in [0.1, 0.15) is 15.9 Å². The minimum absolute atomic E-state index is 0.237. The van der Waals surface area contributed by atoms with Gasteiger partial charge in [-0.25, -0.2) is 4.79 Å². The van der Waals surface area contributed by atoms with Crippen molar-refractivity contribution >= 4 is 22.6 Å². The Bertz CT molecular complexity index is 1150. The molecule has 0 bridgehead atoms. The number of nitro groups is 1. The van der Waals surface area contributed by atoms with E-state index in [1.165, 1.54) is 18.2 Å². The van der Waals surface area contributed by atoms with Gasteiger partial charge in [0.1, 0.15) is 11.1 Å². The standard InChI is InChI=1S/C17H9F3N2O5/c18-17(19,20)9-4-1-3-8(7-9)13-12(16(24)25)15(23)10-5-2-6-11(22(26)27)14(10)21-13/h1-7H,(H,21,23)(H,24,25). The molecule has 1 aromatic heterocycles. The minimum Gasteiger partial charge on any atom is -0.477 e. The second-order valence-corrected chi connectivity index (χ2v) is 5.54. The summed E-state index contributed by atoms with van der Waals surface area (Å²) < 4.78 is 38.9. The summed E-state index contributed by atoms with van der Waals surface area (Å²) in [5.41, 5.74) is -4.35. The fraction of sp³-hybridized carbons (Fsp3) is 0.0588. The minimum atomic E-state index is -4.69. The second kappa shape index (κ2) is 6.24. The van der Waals surface area contributed by atoms with Gasteiger partial charge in [-0.1, -0.05) is 18.2 Å². The van der Waals surface area contributed by atoms with Crippen molar-refractivity contribution < 1.29 is 28.0 Å². The van der Waals surface area contributed by atoms with E-state index in [-0.39, 0.29) is 16.5 Å². The van der Waals surface area contributed by atoms with Gasteiger partial charge in [0.15, 0.2) is 0 Å². The van der Waals surface area contributed by atoms with Gasteiger partial charge in [0.05, 0.1) is 21.6 Å².